The van der Waals surface area contributed by atoms with Gasteiger partial charge < -0.3 is 40.5 Å². The molecule has 38 heavy (non-hydrogen) atoms. The third-order valence-corrected chi connectivity index (χ3v) is 5.18. The van der Waals surface area contributed by atoms with E-state index in [9.17, 15) is 29.7 Å². The number of nitrogens with zero attached hydrogens (tertiary/aromatic N) is 4. The SMILES string of the molecule is COc1c(Nc2cc(NC(=O)C3CC3)nnc2C(=O)NC(O)(O)O)cccc1-c1noc(CNC(C)=O)n1. The van der Waals surface area contributed by atoms with Crippen LogP contribution in [0, 0.1) is 5.92 Å². The summed E-state index contributed by atoms with van der Waals surface area (Å²) in [6.45, 7) is 1.38. The van der Waals surface area contributed by atoms with E-state index >= 15 is 0 Å². The van der Waals surface area contributed by atoms with Crippen LogP contribution in [0.15, 0.2) is 28.8 Å². The number of hydrogen-bond donors (Lipinski definition) is 7. The first-order chi connectivity index (χ1) is 18.0. The van der Waals surface area contributed by atoms with Gasteiger partial charge in [0.15, 0.2) is 17.3 Å². The lowest BCUT2D eigenvalue weighted by Crippen LogP contribution is -2.48. The highest BCUT2D eigenvalue weighted by atomic mass is 16.7. The van der Waals surface area contributed by atoms with Crippen molar-refractivity contribution in [3.63, 3.8) is 0 Å². The second kappa shape index (κ2) is 10.8. The van der Waals surface area contributed by atoms with Crippen LogP contribution < -0.4 is 26.0 Å². The van der Waals surface area contributed by atoms with Gasteiger partial charge in [0.25, 0.3) is 5.91 Å². The van der Waals surface area contributed by atoms with Crippen LogP contribution >= 0.6 is 0 Å². The number of nitrogens with one attached hydrogen (secondary N) is 4. The molecule has 16 nitrogen and oxygen atoms in total. The van der Waals surface area contributed by atoms with Crippen molar-refractivity contribution in [2.75, 3.05) is 17.7 Å². The Balaban J connectivity index is 1.68. The van der Waals surface area contributed by atoms with Crippen molar-refractivity contribution in [2.24, 2.45) is 5.92 Å². The molecule has 2 heterocycles. The fourth-order valence-corrected chi connectivity index (χ4v) is 3.31. The Morgan fingerprint density at radius 2 is 1.92 bits per heavy atom. The van der Waals surface area contributed by atoms with Crippen LogP contribution in [0.4, 0.5) is 17.2 Å². The van der Waals surface area contributed by atoms with E-state index in [0.717, 1.165) is 12.8 Å². The molecule has 0 bridgehead atoms. The van der Waals surface area contributed by atoms with Crippen LogP contribution in [-0.2, 0) is 16.1 Å². The Labute approximate surface area is 214 Å². The van der Waals surface area contributed by atoms with Gasteiger partial charge in [-0.2, -0.15) is 4.98 Å². The first-order valence-corrected chi connectivity index (χ1v) is 11.2. The van der Waals surface area contributed by atoms with Crippen molar-refractivity contribution in [2.45, 2.75) is 32.4 Å². The number of para-hydroxylation sites is 1. The molecule has 1 aliphatic rings. The predicted molar refractivity (Wildman–Crippen MR) is 127 cm³/mol. The molecule has 0 radical (unpaired) electrons. The van der Waals surface area contributed by atoms with Gasteiger partial charge in [-0.3, -0.25) is 19.7 Å². The molecule has 1 aliphatic carbocycles. The summed E-state index contributed by atoms with van der Waals surface area (Å²) in [6.07, 6.45) is -2.01. The molecule has 16 heteroatoms. The highest BCUT2D eigenvalue weighted by Gasteiger charge is 2.31. The van der Waals surface area contributed by atoms with Crippen molar-refractivity contribution in [1.82, 2.24) is 31.0 Å². The number of hydrogen-bond acceptors (Lipinski definition) is 13. The maximum absolute atomic E-state index is 12.6. The van der Waals surface area contributed by atoms with Crippen molar-refractivity contribution in [3.8, 4) is 17.1 Å². The number of amides is 3. The number of anilines is 3. The van der Waals surface area contributed by atoms with Crippen molar-refractivity contribution < 1.29 is 39.0 Å². The first kappa shape index (κ1) is 26.4. The van der Waals surface area contributed by atoms with Gasteiger partial charge >= 0.3 is 6.10 Å². The number of ether oxygens (including phenoxy) is 1. The second-order valence-electron chi connectivity index (χ2n) is 8.28. The van der Waals surface area contributed by atoms with E-state index in [0.29, 0.717) is 11.3 Å². The fourth-order valence-electron chi connectivity index (χ4n) is 3.31. The minimum Gasteiger partial charge on any atom is -0.494 e. The minimum atomic E-state index is -3.51. The number of aromatic nitrogens is 4. The molecule has 3 amide bonds. The summed E-state index contributed by atoms with van der Waals surface area (Å²) in [7, 11) is 1.39. The number of methoxy groups -OCH3 is 1. The van der Waals surface area contributed by atoms with Gasteiger partial charge in [0.05, 0.1) is 30.6 Å². The van der Waals surface area contributed by atoms with Crippen LogP contribution in [-0.4, -0.2) is 66.6 Å². The van der Waals surface area contributed by atoms with E-state index in [1.807, 2.05) is 0 Å². The maximum Gasteiger partial charge on any atom is 0.369 e. The Morgan fingerprint density at radius 3 is 2.58 bits per heavy atom. The van der Waals surface area contributed by atoms with E-state index in [4.69, 9.17) is 9.26 Å². The Morgan fingerprint density at radius 1 is 1.16 bits per heavy atom. The zero-order chi connectivity index (χ0) is 27.4. The fraction of sp³-hybridized carbons (Fsp3) is 0.318. The van der Waals surface area contributed by atoms with E-state index in [1.165, 1.54) is 20.1 Å². The van der Waals surface area contributed by atoms with E-state index < -0.39 is 17.7 Å². The summed E-state index contributed by atoms with van der Waals surface area (Å²) >= 11 is 0. The molecule has 3 aromatic rings. The largest absolute Gasteiger partial charge is 0.494 e. The number of rotatable bonds is 10. The molecule has 4 rings (SSSR count). The normalized spacial score (nSPS) is 13.0. The number of benzene rings is 1. The van der Waals surface area contributed by atoms with Gasteiger partial charge in [-0.15, -0.1) is 10.2 Å². The van der Waals surface area contributed by atoms with Gasteiger partial charge in [-0.1, -0.05) is 11.2 Å². The maximum atomic E-state index is 12.6. The standard InChI is InChI=1S/C22H24N8O8/c1-10(31)23-9-16-26-19(30-38-16)12-4-3-5-13(18(12)37-2)24-14-8-15(25-20(32)11-6-7-11)28-29-17(14)21(33)27-22(34,35)36/h3-5,8,11,34-36H,6-7,9H2,1-2H3,(H,23,31)(H,27,33)(H2,24,25,28,32). The van der Waals surface area contributed by atoms with Gasteiger partial charge in [0.2, 0.25) is 23.5 Å². The van der Waals surface area contributed by atoms with Crippen molar-refractivity contribution in [3.05, 3.63) is 35.9 Å². The van der Waals surface area contributed by atoms with Crippen LogP contribution in [0.25, 0.3) is 11.4 Å². The number of carbonyl (C=O) groups excluding carboxylic acids is 3. The third kappa shape index (κ3) is 6.55. The van der Waals surface area contributed by atoms with Crippen LogP contribution in [0.5, 0.6) is 5.75 Å². The molecule has 7 N–H and O–H groups in total. The summed E-state index contributed by atoms with van der Waals surface area (Å²) < 4.78 is 10.7. The first-order valence-electron chi connectivity index (χ1n) is 11.2. The Bertz CT molecular complexity index is 1370. The summed E-state index contributed by atoms with van der Waals surface area (Å²) in [4.78, 5) is 40.2. The van der Waals surface area contributed by atoms with Gasteiger partial charge in [0, 0.05) is 18.9 Å². The van der Waals surface area contributed by atoms with Crippen LogP contribution in [0.3, 0.4) is 0 Å². The average molecular weight is 528 g/mol. The lowest BCUT2D eigenvalue weighted by atomic mass is 10.1. The lowest BCUT2D eigenvalue weighted by molar-refractivity contribution is -0.323. The second-order valence-corrected chi connectivity index (χ2v) is 8.28. The van der Waals surface area contributed by atoms with Gasteiger partial charge in [-0.25, -0.2) is 0 Å². The molecule has 0 saturated heterocycles. The monoisotopic (exact) mass is 528 g/mol. The highest BCUT2D eigenvalue weighted by molar-refractivity contribution is 6.00. The van der Waals surface area contributed by atoms with Crippen molar-refractivity contribution >= 4 is 34.9 Å². The zero-order valence-electron chi connectivity index (χ0n) is 20.2. The smallest absolute Gasteiger partial charge is 0.369 e. The van der Waals surface area contributed by atoms with Gasteiger partial charge in [0.1, 0.15) is 0 Å². The summed E-state index contributed by atoms with van der Waals surface area (Å²) in [5.41, 5.74) is 0.219. The van der Waals surface area contributed by atoms with Crippen LogP contribution in [0.2, 0.25) is 0 Å². The molecular weight excluding hydrogens is 504 g/mol. The molecule has 200 valence electrons. The van der Waals surface area contributed by atoms with Crippen LogP contribution in [0.1, 0.15) is 36.1 Å². The summed E-state index contributed by atoms with van der Waals surface area (Å²) in [5.74, 6) is -1.28. The molecule has 1 fully saturated rings. The quantitative estimate of drug-likeness (QED) is 0.166. The number of aliphatic hydroxyl groups is 3. The molecule has 0 aliphatic heterocycles. The topological polar surface area (TPSA) is 234 Å². The summed E-state index contributed by atoms with van der Waals surface area (Å²) in [6, 6.07) is 6.18. The molecule has 1 saturated carbocycles. The van der Waals surface area contributed by atoms with Crippen molar-refractivity contribution in [1.29, 1.82) is 0 Å². The molecular formula is C22H24N8O8. The van der Waals surface area contributed by atoms with Gasteiger partial charge in [-0.05, 0) is 25.0 Å². The Kier molecular flexibility index (Phi) is 7.47. The molecule has 1 aromatic carbocycles. The van der Waals surface area contributed by atoms with E-state index in [1.54, 1.807) is 23.5 Å². The minimum absolute atomic E-state index is 0.0252. The summed E-state index contributed by atoms with van der Waals surface area (Å²) in [5, 5.41) is 48.7. The lowest BCUT2D eigenvalue weighted by Gasteiger charge is -2.18. The Hall–Kier alpha value is -4.67. The number of carbonyl (C=O) groups is 3. The highest BCUT2D eigenvalue weighted by Crippen LogP contribution is 2.37. The molecule has 2 aromatic heterocycles. The molecule has 0 unspecified atom stereocenters. The third-order valence-electron chi connectivity index (χ3n) is 5.18. The average Bonchev–Trinajstić information content (AvgIpc) is 3.59. The molecule has 0 atom stereocenters. The predicted octanol–water partition coefficient (Wildman–Crippen LogP) is -0.419. The van der Waals surface area contributed by atoms with E-state index in [-0.39, 0.29) is 53.2 Å². The van der Waals surface area contributed by atoms with E-state index in [2.05, 4.69) is 36.3 Å². The molecule has 0 spiro atoms. The zero-order valence-corrected chi connectivity index (χ0v) is 20.2.